The van der Waals surface area contributed by atoms with Gasteiger partial charge in [-0.3, -0.25) is 19.3 Å². The fourth-order valence-electron chi connectivity index (χ4n) is 3.40. The lowest BCUT2D eigenvalue weighted by atomic mass is 10.1. The van der Waals surface area contributed by atoms with E-state index >= 15 is 0 Å². The molecule has 0 unspecified atom stereocenters. The highest BCUT2D eigenvalue weighted by molar-refractivity contribution is 14.1. The van der Waals surface area contributed by atoms with Crippen LogP contribution in [0.4, 0.5) is 4.79 Å². The minimum absolute atomic E-state index is 0.252. The molecule has 4 rings (SSSR count). The summed E-state index contributed by atoms with van der Waals surface area (Å²) in [6.07, 6.45) is 1.68. The Labute approximate surface area is 223 Å². The summed E-state index contributed by atoms with van der Waals surface area (Å²) in [6.45, 7) is 1.98. The molecule has 172 valence electrons. The van der Waals surface area contributed by atoms with Gasteiger partial charge in [0.15, 0.2) is 0 Å². The van der Waals surface area contributed by atoms with E-state index in [1.165, 1.54) is 0 Å². The summed E-state index contributed by atoms with van der Waals surface area (Å²) in [7, 11) is 0. The first-order valence-electron chi connectivity index (χ1n) is 10.2. The van der Waals surface area contributed by atoms with Crippen LogP contribution < -0.4 is 4.74 Å². The smallest absolute Gasteiger partial charge is 0.294 e. The van der Waals surface area contributed by atoms with Crippen LogP contribution in [-0.4, -0.2) is 59.7 Å². The molecular formula is C23H20I2N2O5S. The van der Waals surface area contributed by atoms with E-state index in [1.54, 1.807) is 11.0 Å². The molecule has 2 aromatic rings. The molecule has 3 amide bonds. The summed E-state index contributed by atoms with van der Waals surface area (Å²) >= 11 is 5.26. The zero-order valence-corrected chi connectivity index (χ0v) is 22.6. The number of rotatable bonds is 6. The number of hydrogen-bond acceptors (Lipinski definition) is 6. The van der Waals surface area contributed by atoms with Crippen molar-refractivity contribution in [3.8, 4) is 5.75 Å². The number of imide groups is 1. The predicted octanol–water partition coefficient (Wildman–Crippen LogP) is 4.37. The average molecular weight is 690 g/mol. The normalized spacial score (nSPS) is 17.7. The van der Waals surface area contributed by atoms with Crippen molar-refractivity contribution < 1.29 is 23.9 Å². The van der Waals surface area contributed by atoms with Crippen LogP contribution in [0.15, 0.2) is 47.4 Å². The number of halogens is 2. The minimum atomic E-state index is -0.463. The van der Waals surface area contributed by atoms with Crippen molar-refractivity contribution >= 4 is 80.1 Å². The molecular weight excluding hydrogens is 670 g/mol. The summed E-state index contributed by atoms with van der Waals surface area (Å²) in [6, 6.07) is 13.7. The number of carbonyl (C=O) groups is 3. The van der Waals surface area contributed by atoms with Gasteiger partial charge in [-0.25, -0.2) is 0 Å². The number of carbonyl (C=O) groups excluding carboxylic acids is 3. The van der Waals surface area contributed by atoms with E-state index in [2.05, 4.69) is 45.2 Å². The summed E-state index contributed by atoms with van der Waals surface area (Å²) in [5, 5.41) is -0.445. The second kappa shape index (κ2) is 11.2. The number of morpholine rings is 1. The molecule has 0 aliphatic carbocycles. The lowest BCUT2D eigenvalue weighted by Crippen LogP contribution is -2.46. The number of nitrogens with zero attached hydrogens (tertiary/aromatic N) is 2. The third-order valence-electron chi connectivity index (χ3n) is 5.08. The van der Waals surface area contributed by atoms with Crippen LogP contribution in [0, 0.1) is 7.14 Å². The molecule has 2 aliphatic rings. The van der Waals surface area contributed by atoms with Crippen LogP contribution >= 0.6 is 56.9 Å². The van der Waals surface area contributed by atoms with Gasteiger partial charge in [0.05, 0.1) is 21.7 Å². The second-order valence-electron chi connectivity index (χ2n) is 7.34. The van der Waals surface area contributed by atoms with Gasteiger partial charge in [-0.15, -0.1) is 0 Å². The molecule has 0 bridgehead atoms. The van der Waals surface area contributed by atoms with Gasteiger partial charge in [-0.05, 0) is 80.7 Å². The lowest BCUT2D eigenvalue weighted by molar-refractivity contribution is -0.139. The van der Waals surface area contributed by atoms with Crippen LogP contribution in [0.1, 0.15) is 11.1 Å². The van der Waals surface area contributed by atoms with Crippen LogP contribution in [0.5, 0.6) is 5.75 Å². The third kappa shape index (κ3) is 6.08. The van der Waals surface area contributed by atoms with E-state index in [-0.39, 0.29) is 17.4 Å². The van der Waals surface area contributed by atoms with Gasteiger partial charge in [-0.1, -0.05) is 30.3 Å². The van der Waals surface area contributed by atoms with E-state index in [0.29, 0.717) is 44.2 Å². The zero-order chi connectivity index (χ0) is 23.4. The molecule has 10 heteroatoms. The van der Waals surface area contributed by atoms with Crippen molar-refractivity contribution in [2.45, 2.75) is 6.61 Å². The Balaban J connectivity index is 1.53. The maximum absolute atomic E-state index is 13.0. The summed E-state index contributed by atoms with van der Waals surface area (Å²) in [5.41, 5.74) is 1.74. The molecule has 2 aliphatic heterocycles. The maximum Gasteiger partial charge on any atom is 0.294 e. The second-order valence-corrected chi connectivity index (χ2v) is 10.7. The molecule has 2 aromatic carbocycles. The van der Waals surface area contributed by atoms with Crippen molar-refractivity contribution in [2.75, 3.05) is 32.8 Å². The van der Waals surface area contributed by atoms with Crippen molar-refractivity contribution in [1.29, 1.82) is 0 Å². The highest BCUT2D eigenvalue weighted by atomic mass is 127. The molecule has 0 spiro atoms. The van der Waals surface area contributed by atoms with E-state index in [9.17, 15) is 14.4 Å². The Kier molecular flexibility index (Phi) is 8.30. The van der Waals surface area contributed by atoms with Crippen molar-refractivity contribution in [3.63, 3.8) is 0 Å². The zero-order valence-electron chi connectivity index (χ0n) is 17.5. The quantitative estimate of drug-likeness (QED) is 0.332. The molecule has 7 nitrogen and oxygen atoms in total. The van der Waals surface area contributed by atoms with Gasteiger partial charge in [0.2, 0.25) is 5.91 Å². The van der Waals surface area contributed by atoms with Gasteiger partial charge >= 0.3 is 0 Å². The summed E-state index contributed by atoms with van der Waals surface area (Å²) in [5.74, 6) is -0.0666. The standard InChI is InChI=1S/C23H20I2N2O5S/c24-17-10-16(21(18(25)12-17)32-14-15-4-2-1-3-5-15)11-19-22(29)27(23(30)33-19)13-20(28)26-6-8-31-9-7-26/h1-5,10-12H,6-9,13-14H2/b19-11+. The van der Waals surface area contributed by atoms with E-state index in [4.69, 9.17) is 9.47 Å². The topological polar surface area (TPSA) is 76.2 Å². The van der Waals surface area contributed by atoms with E-state index < -0.39 is 11.1 Å². The van der Waals surface area contributed by atoms with Crippen molar-refractivity contribution in [3.05, 3.63) is 65.6 Å². The average Bonchev–Trinajstić information content (AvgIpc) is 3.07. The minimum Gasteiger partial charge on any atom is -0.487 e. The Hall–Kier alpha value is -1.64. The van der Waals surface area contributed by atoms with Crippen molar-refractivity contribution in [1.82, 2.24) is 9.80 Å². The highest BCUT2D eigenvalue weighted by Gasteiger charge is 2.37. The Morgan fingerprint density at radius 3 is 2.58 bits per heavy atom. The molecule has 2 saturated heterocycles. The number of thioether (sulfide) groups is 1. The van der Waals surface area contributed by atoms with Crippen LogP contribution in [0.3, 0.4) is 0 Å². The van der Waals surface area contributed by atoms with Gasteiger partial charge in [0.25, 0.3) is 11.1 Å². The first kappa shape index (κ1) is 24.5. The SMILES string of the molecule is O=C(CN1C(=O)S/C(=C/c2cc(I)cc(I)c2OCc2ccccc2)C1=O)N1CCOCC1. The molecule has 0 aromatic heterocycles. The molecule has 0 radical (unpaired) electrons. The molecule has 2 heterocycles. The van der Waals surface area contributed by atoms with Gasteiger partial charge < -0.3 is 14.4 Å². The molecule has 0 atom stereocenters. The van der Waals surface area contributed by atoms with Crippen LogP contribution in [0.2, 0.25) is 0 Å². The monoisotopic (exact) mass is 690 g/mol. The number of benzene rings is 2. The maximum atomic E-state index is 13.0. The predicted molar refractivity (Wildman–Crippen MR) is 143 cm³/mol. The number of amides is 3. The summed E-state index contributed by atoms with van der Waals surface area (Å²) < 4.78 is 13.3. The first-order valence-corrected chi connectivity index (χ1v) is 13.2. The largest absolute Gasteiger partial charge is 0.487 e. The third-order valence-corrected chi connectivity index (χ3v) is 7.41. The fraction of sp³-hybridized carbons (Fsp3) is 0.261. The Morgan fingerprint density at radius 1 is 1.12 bits per heavy atom. The van der Waals surface area contributed by atoms with Crippen LogP contribution in [-0.2, 0) is 20.9 Å². The fourth-order valence-corrected chi connectivity index (χ4v) is 6.27. The number of hydrogen-bond donors (Lipinski definition) is 0. The molecule has 0 N–H and O–H groups in total. The lowest BCUT2D eigenvalue weighted by Gasteiger charge is -2.28. The summed E-state index contributed by atoms with van der Waals surface area (Å²) in [4.78, 5) is 41.0. The Bertz CT molecular complexity index is 1100. The Morgan fingerprint density at radius 2 is 1.85 bits per heavy atom. The molecule has 2 fully saturated rings. The van der Waals surface area contributed by atoms with Gasteiger partial charge in [0, 0.05) is 22.2 Å². The van der Waals surface area contributed by atoms with E-state index in [1.807, 2.05) is 42.5 Å². The molecule has 0 saturated carbocycles. The highest BCUT2D eigenvalue weighted by Crippen LogP contribution is 2.36. The van der Waals surface area contributed by atoms with Gasteiger partial charge in [0.1, 0.15) is 18.9 Å². The van der Waals surface area contributed by atoms with Gasteiger partial charge in [-0.2, -0.15) is 0 Å². The van der Waals surface area contributed by atoms with Crippen LogP contribution in [0.25, 0.3) is 6.08 Å². The van der Waals surface area contributed by atoms with E-state index in [0.717, 1.165) is 29.4 Å². The van der Waals surface area contributed by atoms with Crippen molar-refractivity contribution in [2.24, 2.45) is 0 Å². The first-order chi connectivity index (χ1) is 15.9. The number of ether oxygens (including phenoxy) is 2. The molecule has 33 heavy (non-hydrogen) atoms.